The molecule has 0 spiro atoms. The molecule has 0 aliphatic carbocycles. The molecule has 0 saturated heterocycles. The van der Waals surface area contributed by atoms with Gasteiger partial charge < -0.3 is 34.8 Å². The average molecular weight is 284 g/mol. The summed E-state index contributed by atoms with van der Waals surface area (Å²) < 4.78 is 0. The Bertz CT molecular complexity index is 375. The summed E-state index contributed by atoms with van der Waals surface area (Å²) >= 11 is 0. The minimum absolute atomic E-state index is 0. The Kier molecular flexibility index (Phi) is 17.6. The van der Waals surface area contributed by atoms with Gasteiger partial charge in [0, 0.05) is 12.4 Å². The predicted molar refractivity (Wildman–Crippen MR) is 33.8 cm³/mol. The maximum atomic E-state index is 10.3. The van der Waals surface area contributed by atoms with E-state index in [0.717, 1.165) is 0 Å². The van der Waals surface area contributed by atoms with Crippen LogP contribution in [0, 0.1) is 0 Å². The largest absolute Gasteiger partial charge is 1.00 e. The van der Waals surface area contributed by atoms with E-state index in [1.54, 1.807) is 0 Å². The van der Waals surface area contributed by atoms with E-state index in [1.807, 2.05) is 0 Å². The van der Waals surface area contributed by atoms with E-state index in [1.165, 1.54) is 0 Å². The number of aliphatic hydroxyl groups is 1. The van der Waals surface area contributed by atoms with Crippen LogP contribution in [0.5, 0.6) is 0 Å². The zero-order valence-electron chi connectivity index (χ0n) is 10.0. The third kappa shape index (κ3) is 7.42. The van der Waals surface area contributed by atoms with Gasteiger partial charge in [-0.15, -0.1) is 0 Å². The first-order chi connectivity index (χ1) is 6.75. The van der Waals surface area contributed by atoms with Crippen molar-refractivity contribution in [3.63, 3.8) is 0 Å². The van der Waals surface area contributed by atoms with Crippen LogP contribution in [0.3, 0.4) is 0 Å². The molecule has 0 aliphatic heterocycles. The molecule has 0 radical (unpaired) electrons. The van der Waals surface area contributed by atoms with Crippen LogP contribution in [-0.2, 0) is 19.2 Å². The molecular formula is C7H3Na3O8. The zero-order valence-corrected chi connectivity index (χ0v) is 16.0. The molecule has 11 heteroatoms. The van der Waals surface area contributed by atoms with Gasteiger partial charge in [0.05, 0.1) is 17.5 Å². The third-order valence-electron chi connectivity index (χ3n) is 1.46. The van der Waals surface area contributed by atoms with Crippen LogP contribution < -0.4 is 104 Å². The van der Waals surface area contributed by atoms with Crippen LogP contribution in [0.25, 0.3) is 0 Å². The number of hydrogen-bond acceptors (Lipinski definition) is 8. The van der Waals surface area contributed by atoms with Crippen LogP contribution in [0.2, 0.25) is 0 Å². The Morgan fingerprint density at radius 1 is 1.06 bits per heavy atom. The zero-order chi connectivity index (χ0) is 12.2. The summed E-state index contributed by atoms with van der Waals surface area (Å²) in [7, 11) is 0. The summed E-state index contributed by atoms with van der Waals surface area (Å²) in [5, 5.41) is 39.6. The fourth-order valence-electron chi connectivity index (χ4n) is 0.766. The van der Waals surface area contributed by atoms with Crippen molar-refractivity contribution in [2.24, 2.45) is 0 Å². The molecule has 0 saturated carbocycles. The molecule has 0 heterocycles. The molecule has 0 aromatic carbocycles. The molecule has 0 aliphatic rings. The summed E-state index contributed by atoms with van der Waals surface area (Å²) in [6.07, 6.45) is -1.66. The first-order valence-electron chi connectivity index (χ1n) is 3.36. The van der Waals surface area contributed by atoms with E-state index >= 15 is 0 Å². The van der Waals surface area contributed by atoms with Crippen LogP contribution in [-0.4, -0.2) is 34.6 Å². The Hall–Kier alpha value is 0.820. The molecular weight excluding hydrogens is 281 g/mol. The van der Waals surface area contributed by atoms with Crippen molar-refractivity contribution in [2.45, 2.75) is 12.0 Å². The Balaban J connectivity index is -0.000000327. The van der Waals surface area contributed by atoms with E-state index in [-0.39, 0.29) is 88.7 Å². The summed E-state index contributed by atoms with van der Waals surface area (Å²) in [4.78, 5) is 40.6. The molecule has 0 rings (SSSR count). The molecule has 0 aromatic heterocycles. The van der Waals surface area contributed by atoms with Crippen LogP contribution in [0.15, 0.2) is 5.57 Å². The molecule has 1 N–H and O–H groups in total. The fourth-order valence-corrected chi connectivity index (χ4v) is 0.766. The maximum absolute atomic E-state index is 10.3. The summed E-state index contributed by atoms with van der Waals surface area (Å²) in [5.74, 6) is -6.36. The van der Waals surface area contributed by atoms with Gasteiger partial charge in [-0.2, -0.15) is 0 Å². The maximum Gasteiger partial charge on any atom is 1.00 e. The molecule has 0 bridgehead atoms. The number of carbonyl (C=O) groups is 3. The Labute approximate surface area is 167 Å². The van der Waals surface area contributed by atoms with Crippen LogP contribution in [0.1, 0.15) is 6.42 Å². The van der Waals surface area contributed by atoms with Crippen LogP contribution >= 0.6 is 0 Å². The molecule has 82 valence electrons. The number of aliphatic carboxylic acids is 3. The monoisotopic (exact) mass is 284 g/mol. The van der Waals surface area contributed by atoms with Gasteiger partial charge in [-0.05, 0) is 0 Å². The third-order valence-corrected chi connectivity index (χ3v) is 1.46. The van der Waals surface area contributed by atoms with Gasteiger partial charge in [0.15, 0.2) is 0 Å². The van der Waals surface area contributed by atoms with E-state index in [4.69, 9.17) is 5.11 Å². The number of carboxylic acid groups (broad SMARTS) is 3. The first kappa shape index (κ1) is 27.2. The molecule has 1 unspecified atom stereocenters. The number of hydrogen-bond donors (Lipinski definition) is 1. The Morgan fingerprint density at radius 3 is 1.61 bits per heavy atom. The molecule has 0 amide bonds. The molecule has 8 nitrogen and oxygen atoms in total. The van der Waals surface area contributed by atoms with Crippen molar-refractivity contribution < 1.29 is 128 Å². The second kappa shape index (κ2) is 11.6. The van der Waals surface area contributed by atoms with E-state index in [2.05, 4.69) is 0 Å². The first-order valence-corrected chi connectivity index (χ1v) is 3.36. The van der Waals surface area contributed by atoms with Gasteiger partial charge in [-0.3, -0.25) is 0 Å². The number of carbonyl (C=O) groups excluding carboxylic acids is 4. The van der Waals surface area contributed by atoms with Crippen molar-refractivity contribution in [3.8, 4) is 0 Å². The molecule has 18 heavy (non-hydrogen) atoms. The van der Waals surface area contributed by atoms with E-state index < -0.39 is 35.5 Å². The number of rotatable bonds is 5. The SMILES string of the molecule is O=C=C(C(=O)[O-])C(O)(CC(=O)[O-])C(=O)[O-].[Na+].[Na+].[Na+]. The van der Waals surface area contributed by atoms with Crippen molar-refractivity contribution in [1.29, 1.82) is 0 Å². The number of carboxylic acids is 3. The predicted octanol–water partition coefficient (Wildman–Crippen LogP) is -14.9. The van der Waals surface area contributed by atoms with E-state index in [9.17, 15) is 34.5 Å². The van der Waals surface area contributed by atoms with E-state index in [0.29, 0.717) is 5.94 Å². The summed E-state index contributed by atoms with van der Waals surface area (Å²) in [6, 6.07) is 0. The molecule has 0 fully saturated rings. The summed E-state index contributed by atoms with van der Waals surface area (Å²) in [6.45, 7) is 0. The van der Waals surface area contributed by atoms with Crippen molar-refractivity contribution in [3.05, 3.63) is 5.57 Å². The standard InChI is InChI=1S/C7H6O8.3Na/c8-2-3(5(11)12)7(15,6(13)14)1-4(9)10;;;/h15H,1H2,(H,9,10)(H,11,12)(H,13,14);;;/q;3*+1/p-3. The van der Waals surface area contributed by atoms with Gasteiger partial charge in [0.25, 0.3) is 0 Å². The second-order valence-corrected chi connectivity index (χ2v) is 2.46. The second-order valence-electron chi connectivity index (χ2n) is 2.46. The van der Waals surface area contributed by atoms with Gasteiger partial charge in [-0.1, -0.05) is 0 Å². The smallest absolute Gasteiger partial charge is 0.550 e. The van der Waals surface area contributed by atoms with Gasteiger partial charge >= 0.3 is 88.7 Å². The quantitative estimate of drug-likeness (QED) is 0.296. The normalized spacial score (nSPS) is 11.2. The van der Waals surface area contributed by atoms with Gasteiger partial charge in [0.1, 0.15) is 11.5 Å². The van der Waals surface area contributed by atoms with Gasteiger partial charge in [-0.25, -0.2) is 4.79 Å². The summed E-state index contributed by atoms with van der Waals surface area (Å²) in [5.41, 5.74) is -5.29. The topological polar surface area (TPSA) is 158 Å². The average Bonchev–Trinajstić information content (AvgIpc) is 2.02. The minimum atomic E-state index is -3.51. The molecule has 1 atom stereocenters. The molecule has 0 aromatic rings. The fraction of sp³-hybridized carbons (Fsp3) is 0.286. The van der Waals surface area contributed by atoms with Crippen molar-refractivity contribution >= 4 is 23.8 Å². The Morgan fingerprint density at radius 2 is 1.44 bits per heavy atom. The minimum Gasteiger partial charge on any atom is -0.550 e. The van der Waals surface area contributed by atoms with Crippen LogP contribution in [0.4, 0.5) is 0 Å². The van der Waals surface area contributed by atoms with Crippen molar-refractivity contribution in [1.82, 2.24) is 0 Å². The van der Waals surface area contributed by atoms with Gasteiger partial charge in [0.2, 0.25) is 0 Å². The van der Waals surface area contributed by atoms with Crippen molar-refractivity contribution in [2.75, 3.05) is 0 Å².